The number of urea groups is 1. The number of ether oxygens (including phenoxy) is 1. The van der Waals surface area contributed by atoms with Crippen LogP contribution in [0.4, 0.5) is 9.18 Å². The van der Waals surface area contributed by atoms with Crippen LogP contribution in [-0.2, 0) is 24.3 Å². The van der Waals surface area contributed by atoms with Crippen molar-refractivity contribution in [1.82, 2.24) is 24.7 Å². The summed E-state index contributed by atoms with van der Waals surface area (Å²) in [6.45, 7) is 1.95. The van der Waals surface area contributed by atoms with Gasteiger partial charge in [0, 0.05) is 39.3 Å². The van der Waals surface area contributed by atoms with Crippen molar-refractivity contribution in [3.8, 4) is 0 Å². The van der Waals surface area contributed by atoms with E-state index in [4.69, 9.17) is 4.74 Å². The minimum absolute atomic E-state index is 0.0876. The number of halogens is 1. The van der Waals surface area contributed by atoms with Gasteiger partial charge >= 0.3 is 6.03 Å². The fourth-order valence-electron chi connectivity index (χ4n) is 4.32. The van der Waals surface area contributed by atoms with Crippen molar-refractivity contribution < 1.29 is 31.9 Å². The molecule has 4 amide bonds. The van der Waals surface area contributed by atoms with Crippen LogP contribution < -0.4 is 10.6 Å². The predicted molar refractivity (Wildman–Crippen MR) is 118 cm³/mol. The maximum atomic E-state index is 13.4. The zero-order valence-corrected chi connectivity index (χ0v) is 19.4. The van der Waals surface area contributed by atoms with E-state index >= 15 is 0 Å². The third kappa shape index (κ3) is 5.15. The highest BCUT2D eigenvalue weighted by Gasteiger charge is 2.43. The molecule has 34 heavy (non-hydrogen) atoms. The van der Waals surface area contributed by atoms with Crippen LogP contribution in [0.25, 0.3) is 0 Å². The summed E-state index contributed by atoms with van der Waals surface area (Å²) < 4.78 is 46.4. The summed E-state index contributed by atoms with van der Waals surface area (Å²) in [5, 5.41) is 5.33. The third-order valence-electron chi connectivity index (χ3n) is 6.21. The van der Waals surface area contributed by atoms with Gasteiger partial charge in [-0.05, 0) is 37.1 Å². The van der Waals surface area contributed by atoms with Gasteiger partial charge in [0.15, 0.2) is 0 Å². The molecule has 0 aliphatic carbocycles. The van der Waals surface area contributed by atoms with Crippen molar-refractivity contribution in [2.24, 2.45) is 0 Å². The van der Waals surface area contributed by atoms with E-state index in [1.54, 1.807) is 4.90 Å². The summed E-state index contributed by atoms with van der Waals surface area (Å²) in [6.07, 6.45) is 1.12. The number of rotatable bonds is 4. The Morgan fingerprint density at radius 1 is 1.06 bits per heavy atom. The molecule has 3 fully saturated rings. The van der Waals surface area contributed by atoms with E-state index in [-0.39, 0.29) is 36.5 Å². The largest absolute Gasteiger partial charge is 0.378 e. The molecule has 1 aromatic rings. The summed E-state index contributed by atoms with van der Waals surface area (Å²) in [5.41, 5.74) is 0. The molecule has 0 saturated carbocycles. The van der Waals surface area contributed by atoms with Gasteiger partial charge in [-0.2, -0.15) is 4.31 Å². The minimum atomic E-state index is -4.17. The number of benzene rings is 1. The van der Waals surface area contributed by atoms with Gasteiger partial charge in [-0.3, -0.25) is 9.59 Å². The summed E-state index contributed by atoms with van der Waals surface area (Å²) >= 11 is 0. The lowest BCUT2D eigenvalue weighted by Crippen LogP contribution is -2.64. The smallest absolute Gasteiger partial charge is 0.320 e. The molecule has 1 aromatic carbocycles. The second kappa shape index (κ2) is 10.2. The van der Waals surface area contributed by atoms with Crippen molar-refractivity contribution >= 4 is 27.9 Å². The van der Waals surface area contributed by atoms with Crippen molar-refractivity contribution in [2.75, 3.05) is 52.5 Å². The topological polar surface area (TPSA) is 128 Å². The Labute approximate surface area is 197 Å². The SMILES string of the molecule is O=C1NCCC[C@@H]1NC(=O)[C@H]1CN(C(=O)N2CCOCC2)CCN1S(=O)(=O)c1ccc(F)cc1. The minimum Gasteiger partial charge on any atom is -0.378 e. The molecule has 0 unspecified atom stereocenters. The molecule has 0 bridgehead atoms. The predicted octanol–water partition coefficient (Wildman–Crippen LogP) is -0.652. The molecular weight excluding hydrogens is 469 g/mol. The number of sulfonamides is 1. The number of morpholine rings is 1. The molecule has 2 N–H and O–H groups in total. The number of hydrogen-bond acceptors (Lipinski definition) is 6. The van der Waals surface area contributed by atoms with Crippen LogP contribution in [0.5, 0.6) is 0 Å². The van der Waals surface area contributed by atoms with E-state index in [0.29, 0.717) is 45.7 Å². The summed E-state index contributed by atoms with van der Waals surface area (Å²) in [7, 11) is -4.17. The number of piperazine rings is 1. The van der Waals surface area contributed by atoms with Gasteiger partial charge in [-0.15, -0.1) is 0 Å². The first-order chi connectivity index (χ1) is 16.3. The maximum absolute atomic E-state index is 13.4. The Balaban J connectivity index is 1.58. The van der Waals surface area contributed by atoms with Crippen LogP contribution >= 0.6 is 0 Å². The van der Waals surface area contributed by atoms with E-state index in [1.807, 2.05) is 0 Å². The average molecular weight is 498 g/mol. The van der Waals surface area contributed by atoms with Gasteiger partial charge in [-0.25, -0.2) is 17.6 Å². The lowest BCUT2D eigenvalue weighted by Gasteiger charge is -2.42. The molecule has 3 aliphatic heterocycles. The first-order valence-electron chi connectivity index (χ1n) is 11.2. The molecule has 3 aliphatic rings. The van der Waals surface area contributed by atoms with Crippen molar-refractivity contribution in [2.45, 2.75) is 29.8 Å². The van der Waals surface area contributed by atoms with Gasteiger partial charge in [0.2, 0.25) is 21.8 Å². The van der Waals surface area contributed by atoms with Crippen LogP contribution in [0.3, 0.4) is 0 Å². The van der Waals surface area contributed by atoms with Crippen molar-refractivity contribution in [3.63, 3.8) is 0 Å². The van der Waals surface area contributed by atoms with Crippen LogP contribution in [0.1, 0.15) is 12.8 Å². The fraction of sp³-hybridized carbons (Fsp3) is 0.571. The lowest BCUT2D eigenvalue weighted by atomic mass is 10.1. The number of carbonyl (C=O) groups is 3. The molecule has 3 heterocycles. The Morgan fingerprint density at radius 2 is 1.76 bits per heavy atom. The van der Waals surface area contributed by atoms with Gasteiger partial charge < -0.3 is 25.2 Å². The van der Waals surface area contributed by atoms with Crippen LogP contribution in [-0.4, -0.2) is 105 Å². The highest BCUT2D eigenvalue weighted by Crippen LogP contribution is 2.23. The summed E-state index contributed by atoms with van der Waals surface area (Å²) in [4.78, 5) is 41.3. The van der Waals surface area contributed by atoms with E-state index < -0.39 is 33.8 Å². The molecule has 13 heteroatoms. The third-order valence-corrected chi connectivity index (χ3v) is 8.13. The average Bonchev–Trinajstić information content (AvgIpc) is 2.85. The normalized spacial score (nSPS) is 24.4. The Morgan fingerprint density at radius 3 is 2.44 bits per heavy atom. The second-order valence-corrected chi connectivity index (χ2v) is 10.3. The zero-order chi connectivity index (χ0) is 24.3. The van der Waals surface area contributed by atoms with Crippen molar-refractivity contribution in [1.29, 1.82) is 0 Å². The molecule has 3 saturated heterocycles. The number of piperidine rings is 1. The van der Waals surface area contributed by atoms with Gasteiger partial charge in [0.1, 0.15) is 17.9 Å². The molecule has 0 spiro atoms. The molecular formula is C21H28FN5O6S. The fourth-order valence-corrected chi connectivity index (χ4v) is 5.89. The van der Waals surface area contributed by atoms with E-state index in [2.05, 4.69) is 10.6 Å². The lowest BCUT2D eigenvalue weighted by molar-refractivity contribution is -0.132. The molecule has 0 radical (unpaired) electrons. The summed E-state index contributed by atoms with van der Waals surface area (Å²) in [6, 6.07) is 2.03. The Kier molecular flexibility index (Phi) is 7.33. The first-order valence-corrected chi connectivity index (χ1v) is 12.7. The molecule has 2 atom stereocenters. The van der Waals surface area contributed by atoms with Crippen LogP contribution in [0.15, 0.2) is 29.2 Å². The molecule has 186 valence electrons. The number of hydrogen-bond donors (Lipinski definition) is 2. The van der Waals surface area contributed by atoms with Gasteiger partial charge in [-0.1, -0.05) is 0 Å². The number of nitrogens with one attached hydrogen (secondary N) is 2. The zero-order valence-electron chi connectivity index (χ0n) is 18.6. The van der Waals surface area contributed by atoms with Crippen molar-refractivity contribution in [3.05, 3.63) is 30.1 Å². The second-order valence-electron chi connectivity index (χ2n) is 8.41. The van der Waals surface area contributed by atoms with E-state index in [9.17, 15) is 27.2 Å². The molecule has 11 nitrogen and oxygen atoms in total. The number of nitrogens with zero attached hydrogens (tertiary/aromatic N) is 3. The monoisotopic (exact) mass is 497 g/mol. The van der Waals surface area contributed by atoms with E-state index in [0.717, 1.165) is 28.6 Å². The molecule has 4 rings (SSSR count). The maximum Gasteiger partial charge on any atom is 0.320 e. The summed E-state index contributed by atoms with van der Waals surface area (Å²) in [5.74, 6) is -1.57. The van der Waals surface area contributed by atoms with Gasteiger partial charge in [0.25, 0.3) is 0 Å². The Bertz CT molecular complexity index is 1030. The number of carbonyl (C=O) groups excluding carboxylic acids is 3. The van der Waals surface area contributed by atoms with Crippen LogP contribution in [0, 0.1) is 5.82 Å². The number of amides is 4. The highest BCUT2D eigenvalue weighted by molar-refractivity contribution is 7.89. The van der Waals surface area contributed by atoms with Crippen LogP contribution in [0.2, 0.25) is 0 Å². The standard InChI is InChI=1S/C21H28FN5O6S/c22-15-3-5-16(6-4-15)34(31,32)27-9-8-26(21(30)25-10-12-33-13-11-25)14-18(27)20(29)24-17-2-1-7-23-19(17)28/h3-6,17-18H,1-2,7-14H2,(H,23,28)(H,24,29)/t17-,18+/m0/s1. The highest BCUT2D eigenvalue weighted by atomic mass is 32.2. The van der Waals surface area contributed by atoms with E-state index in [1.165, 1.54) is 4.90 Å². The molecule has 0 aromatic heterocycles. The quantitative estimate of drug-likeness (QED) is 0.569. The first kappa shape index (κ1) is 24.4. The van der Waals surface area contributed by atoms with Gasteiger partial charge in [0.05, 0.1) is 18.1 Å². The Hall–Kier alpha value is -2.77.